The molecule has 0 spiro atoms. The Labute approximate surface area is 85.8 Å². The number of likely N-dealkylation sites (tertiary alicyclic amines) is 1. The average Bonchev–Trinajstić information content (AvgIpc) is 2.92. The summed E-state index contributed by atoms with van der Waals surface area (Å²) in [5.74, 6) is 1.24. The first kappa shape index (κ1) is 9.97. The number of hydrogen-bond acceptors (Lipinski definition) is 2. The molecule has 2 fully saturated rings. The van der Waals surface area contributed by atoms with E-state index in [0.717, 1.165) is 32.4 Å². The van der Waals surface area contributed by atoms with E-state index in [9.17, 15) is 4.79 Å². The fourth-order valence-corrected chi connectivity index (χ4v) is 2.21. The van der Waals surface area contributed by atoms with Gasteiger partial charge in [0.2, 0.25) is 5.91 Å². The molecule has 0 aromatic carbocycles. The summed E-state index contributed by atoms with van der Waals surface area (Å²) in [6.45, 7) is 4.45. The molecule has 1 saturated carbocycles. The quantitative estimate of drug-likeness (QED) is 0.710. The molecule has 1 saturated heterocycles. The van der Waals surface area contributed by atoms with E-state index in [1.165, 1.54) is 0 Å². The highest BCUT2D eigenvalue weighted by Gasteiger charge is 2.33. The van der Waals surface area contributed by atoms with Gasteiger partial charge < -0.3 is 10.2 Å². The summed E-state index contributed by atoms with van der Waals surface area (Å²) in [4.78, 5) is 13.9. The molecule has 2 aliphatic rings. The molecule has 2 unspecified atom stereocenters. The zero-order valence-electron chi connectivity index (χ0n) is 9.12. The number of carbonyl (C=O) groups excluding carboxylic acids is 1. The molecule has 1 heterocycles. The Hall–Kier alpha value is -0.570. The summed E-state index contributed by atoms with van der Waals surface area (Å²) < 4.78 is 0. The minimum absolute atomic E-state index is 0.298. The van der Waals surface area contributed by atoms with Crippen LogP contribution < -0.4 is 5.32 Å². The lowest BCUT2D eigenvalue weighted by atomic mass is 9.94. The van der Waals surface area contributed by atoms with Crippen LogP contribution in [0.25, 0.3) is 0 Å². The van der Waals surface area contributed by atoms with Gasteiger partial charge in [-0.3, -0.25) is 4.79 Å². The van der Waals surface area contributed by atoms with Crippen LogP contribution in [0.1, 0.15) is 26.2 Å². The van der Waals surface area contributed by atoms with Crippen molar-refractivity contribution in [1.29, 1.82) is 0 Å². The SMILES string of the molecule is CC1CN(C)CCC1NC(=O)C1CC1. The van der Waals surface area contributed by atoms with E-state index in [2.05, 4.69) is 24.2 Å². The third-order valence-corrected chi connectivity index (χ3v) is 3.38. The summed E-state index contributed by atoms with van der Waals surface area (Å²) >= 11 is 0. The number of rotatable bonds is 2. The highest BCUT2D eigenvalue weighted by molar-refractivity contribution is 5.81. The lowest BCUT2D eigenvalue weighted by molar-refractivity contribution is -0.123. The van der Waals surface area contributed by atoms with Crippen LogP contribution in [0.2, 0.25) is 0 Å². The Morgan fingerprint density at radius 2 is 2.07 bits per heavy atom. The highest BCUT2D eigenvalue weighted by Crippen LogP contribution is 2.29. The lowest BCUT2D eigenvalue weighted by Gasteiger charge is -2.35. The summed E-state index contributed by atoms with van der Waals surface area (Å²) in [7, 11) is 2.15. The Kier molecular flexibility index (Phi) is 2.77. The van der Waals surface area contributed by atoms with E-state index in [-0.39, 0.29) is 0 Å². The highest BCUT2D eigenvalue weighted by atomic mass is 16.2. The Balaban J connectivity index is 1.81. The van der Waals surface area contributed by atoms with Gasteiger partial charge in [0.1, 0.15) is 0 Å². The maximum atomic E-state index is 11.6. The zero-order chi connectivity index (χ0) is 10.1. The minimum atomic E-state index is 0.298. The topological polar surface area (TPSA) is 32.3 Å². The van der Waals surface area contributed by atoms with Gasteiger partial charge in [0.05, 0.1) is 0 Å². The Morgan fingerprint density at radius 1 is 1.36 bits per heavy atom. The molecule has 3 nitrogen and oxygen atoms in total. The van der Waals surface area contributed by atoms with Crippen LogP contribution in [0.4, 0.5) is 0 Å². The summed E-state index contributed by atoms with van der Waals surface area (Å²) in [6.07, 6.45) is 3.32. The maximum Gasteiger partial charge on any atom is 0.223 e. The Bertz CT molecular complexity index is 225. The molecule has 2 atom stereocenters. The average molecular weight is 196 g/mol. The third kappa shape index (κ3) is 2.27. The predicted molar refractivity (Wildman–Crippen MR) is 55.9 cm³/mol. The van der Waals surface area contributed by atoms with Gasteiger partial charge in [-0.1, -0.05) is 6.92 Å². The van der Waals surface area contributed by atoms with E-state index >= 15 is 0 Å². The van der Waals surface area contributed by atoms with Crippen LogP contribution in [-0.2, 0) is 4.79 Å². The molecule has 1 aliphatic carbocycles. The molecule has 2 rings (SSSR count). The second-order valence-corrected chi connectivity index (χ2v) is 4.92. The van der Waals surface area contributed by atoms with Gasteiger partial charge in [0, 0.05) is 18.5 Å². The van der Waals surface area contributed by atoms with E-state index in [4.69, 9.17) is 0 Å². The smallest absolute Gasteiger partial charge is 0.223 e. The van der Waals surface area contributed by atoms with Crippen molar-refractivity contribution >= 4 is 5.91 Å². The minimum Gasteiger partial charge on any atom is -0.353 e. The fourth-order valence-electron chi connectivity index (χ4n) is 2.21. The van der Waals surface area contributed by atoms with Gasteiger partial charge in [-0.25, -0.2) is 0 Å². The molecule has 0 bridgehead atoms. The van der Waals surface area contributed by atoms with Gasteiger partial charge in [-0.05, 0) is 38.8 Å². The van der Waals surface area contributed by atoms with E-state index in [1.54, 1.807) is 0 Å². The molecule has 1 aliphatic heterocycles. The van der Waals surface area contributed by atoms with Crippen LogP contribution in [0.3, 0.4) is 0 Å². The van der Waals surface area contributed by atoms with Crippen molar-refractivity contribution in [1.82, 2.24) is 10.2 Å². The predicted octanol–water partition coefficient (Wildman–Crippen LogP) is 0.853. The maximum absolute atomic E-state index is 11.6. The van der Waals surface area contributed by atoms with Gasteiger partial charge in [-0.15, -0.1) is 0 Å². The largest absolute Gasteiger partial charge is 0.353 e. The molecule has 0 radical (unpaired) electrons. The third-order valence-electron chi connectivity index (χ3n) is 3.38. The van der Waals surface area contributed by atoms with Crippen molar-refractivity contribution in [2.24, 2.45) is 11.8 Å². The number of amides is 1. The molecule has 3 heteroatoms. The molecule has 0 aromatic rings. The first-order valence-electron chi connectivity index (χ1n) is 5.65. The van der Waals surface area contributed by atoms with Crippen molar-refractivity contribution in [2.75, 3.05) is 20.1 Å². The van der Waals surface area contributed by atoms with E-state index < -0.39 is 0 Å². The van der Waals surface area contributed by atoms with Crippen molar-refractivity contribution in [2.45, 2.75) is 32.2 Å². The number of hydrogen-bond donors (Lipinski definition) is 1. The summed E-state index contributed by atoms with van der Waals surface area (Å²) in [5, 5.41) is 3.19. The number of nitrogens with zero attached hydrogens (tertiary/aromatic N) is 1. The first-order valence-corrected chi connectivity index (χ1v) is 5.65. The van der Waals surface area contributed by atoms with Crippen molar-refractivity contribution in [3.05, 3.63) is 0 Å². The van der Waals surface area contributed by atoms with E-state index in [1.807, 2.05) is 0 Å². The molecule has 14 heavy (non-hydrogen) atoms. The van der Waals surface area contributed by atoms with Gasteiger partial charge in [-0.2, -0.15) is 0 Å². The van der Waals surface area contributed by atoms with Crippen LogP contribution in [0, 0.1) is 11.8 Å². The molecule has 1 N–H and O–H groups in total. The van der Waals surface area contributed by atoms with Crippen molar-refractivity contribution in [3.63, 3.8) is 0 Å². The van der Waals surface area contributed by atoms with Crippen LogP contribution >= 0.6 is 0 Å². The monoisotopic (exact) mass is 196 g/mol. The lowest BCUT2D eigenvalue weighted by Crippen LogP contribution is -2.49. The standard InChI is InChI=1S/C11H20N2O/c1-8-7-13(2)6-5-10(8)12-11(14)9-3-4-9/h8-10H,3-7H2,1-2H3,(H,12,14). The molecular formula is C11H20N2O. The number of nitrogens with one attached hydrogen (secondary N) is 1. The van der Waals surface area contributed by atoms with Crippen molar-refractivity contribution < 1.29 is 4.79 Å². The van der Waals surface area contributed by atoms with Gasteiger partial charge >= 0.3 is 0 Å². The summed E-state index contributed by atoms with van der Waals surface area (Å²) in [6, 6.07) is 0.416. The molecular weight excluding hydrogens is 176 g/mol. The second kappa shape index (κ2) is 3.89. The molecule has 0 aromatic heterocycles. The number of carbonyl (C=O) groups is 1. The first-order chi connectivity index (χ1) is 6.66. The van der Waals surface area contributed by atoms with Gasteiger partial charge in [0.15, 0.2) is 0 Å². The number of piperidine rings is 1. The van der Waals surface area contributed by atoms with Crippen LogP contribution in [0.5, 0.6) is 0 Å². The van der Waals surface area contributed by atoms with Crippen molar-refractivity contribution in [3.8, 4) is 0 Å². The normalized spacial score (nSPS) is 34.1. The van der Waals surface area contributed by atoms with Crippen LogP contribution in [0.15, 0.2) is 0 Å². The fraction of sp³-hybridized carbons (Fsp3) is 0.909. The zero-order valence-corrected chi connectivity index (χ0v) is 9.12. The molecule has 80 valence electrons. The summed E-state index contributed by atoms with van der Waals surface area (Å²) in [5.41, 5.74) is 0. The van der Waals surface area contributed by atoms with E-state index in [0.29, 0.717) is 23.8 Å². The molecule has 1 amide bonds. The Morgan fingerprint density at radius 3 is 2.64 bits per heavy atom. The van der Waals surface area contributed by atoms with Crippen LogP contribution in [-0.4, -0.2) is 37.0 Å². The second-order valence-electron chi connectivity index (χ2n) is 4.92. The van der Waals surface area contributed by atoms with Gasteiger partial charge in [0.25, 0.3) is 0 Å².